The normalized spacial score (nSPS) is 12.8. The van der Waals surface area contributed by atoms with Gasteiger partial charge in [-0.15, -0.1) is 0 Å². The Labute approximate surface area is 141 Å². The summed E-state index contributed by atoms with van der Waals surface area (Å²) in [6, 6.07) is 7.77. The average Bonchev–Trinajstić information content (AvgIpc) is 3.08. The standard InChI is InChI=1S/C16H24N6O2/c1-11(10-23-3)19-16(17-2)18-9-14-20-15(22-21-14)12-5-7-13(24-4)8-6-12/h5-8,11H,9-10H2,1-4H3,(H2,17,18,19)(H,20,21,22). The number of aliphatic imine (C=N–C) groups is 1. The van der Waals surface area contributed by atoms with Crippen molar-refractivity contribution < 1.29 is 9.47 Å². The molecule has 1 aromatic carbocycles. The molecule has 1 aromatic heterocycles. The fraction of sp³-hybridized carbons (Fsp3) is 0.438. The van der Waals surface area contributed by atoms with Gasteiger partial charge in [0, 0.05) is 25.8 Å². The molecular weight excluding hydrogens is 308 g/mol. The molecule has 3 N–H and O–H groups in total. The Hall–Kier alpha value is -2.61. The Morgan fingerprint density at radius 1 is 1.29 bits per heavy atom. The molecule has 0 spiro atoms. The predicted molar refractivity (Wildman–Crippen MR) is 93.0 cm³/mol. The van der Waals surface area contributed by atoms with Crippen LogP contribution in [0, 0.1) is 0 Å². The zero-order chi connectivity index (χ0) is 17.4. The lowest BCUT2D eigenvalue weighted by Crippen LogP contribution is -2.43. The number of ether oxygens (including phenoxy) is 2. The van der Waals surface area contributed by atoms with E-state index in [2.05, 4.69) is 30.8 Å². The molecule has 1 unspecified atom stereocenters. The Morgan fingerprint density at radius 2 is 2.04 bits per heavy atom. The monoisotopic (exact) mass is 332 g/mol. The van der Waals surface area contributed by atoms with Crippen LogP contribution in [0.4, 0.5) is 0 Å². The number of aromatic nitrogens is 3. The second-order valence-corrected chi connectivity index (χ2v) is 5.26. The highest BCUT2D eigenvalue weighted by atomic mass is 16.5. The molecule has 0 saturated heterocycles. The van der Waals surface area contributed by atoms with E-state index in [0.29, 0.717) is 24.9 Å². The molecule has 2 rings (SSSR count). The summed E-state index contributed by atoms with van der Waals surface area (Å²) in [6.45, 7) is 3.11. The van der Waals surface area contributed by atoms with Crippen LogP contribution in [-0.4, -0.2) is 55.1 Å². The van der Waals surface area contributed by atoms with E-state index in [0.717, 1.165) is 17.1 Å². The van der Waals surface area contributed by atoms with Gasteiger partial charge in [0.15, 0.2) is 11.8 Å². The van der Waals surface area contributed by atoms with Crippen LogP contribution in [0.25, 0.3) is 11.4 Å². The number of hydrogen-bond donors (Lipinski definition) is 3. The third-order valence-corrected chi connectivity index (χ3v) is 3.33. The second kappa shape index (κ2) is 8.88. The lowest BCUT2D eigenvalue weighted by Gasteiger charge is -2.16. The summed E-state index contributed by atoms with van der Waals surface area (Å²) in [5, 5.41) is 13.6. The van der Waals surface area contributed by atoms with Crippen molar-refractivity contribution in [1.29, 1.82) is 0 Å². The summed E-state index contributed by atoms with van der Waals surface area (Å²) < 4.78 is 10.2. The molecule has 8 heteroatoms. The lowest BCUT2D eigenvalue weighted by molar-refractivity contribution is 0.179. The van der Waals surface area contributed by atoms with Crippen LogP contribution in [0.15, 0.2) is 29.3 Å². The van der Waals surface area contributed by atoms with E-state index < -0.39 is 0 Å². The minimum Gasteiger partial charge on any atom is -0.497 e. The van der Waals surface area contributed by atoms with Gasteiger partial charge in [0.2, 0.25) is 0 Å². The van der Waals surface area contributed by atoms with Crippen molar-refractivity contribution in [3.63, 3.8) is 0 Å². The molecule has 8 nitrogen and oxygen atoms in total. The van der Waals surface area contributed by atoms with Crippen molar-refractivity contribution in [2.45, 2.75) is 19.5 Å². The number of nitrogens with one attached hydrogen (secondary N) is 3. The van der Waals surface area contributed by atoms with E-state index in [9.17, 15) is 0 Å². The first-order valence-electron chi connectivity index (χ1n) is 7.68. The van der Waals surface area contributed by atoms with E-state index in [1.165, 1.54) is 0 Å². The fourth-order valence-corrected chi connectivity index (χ4v) is 2.13. The van der Waals surface area contributed by atoms with Crippen LogP contribution in [0.5, 0.6) is 5.75 Å². The molecule has 0 amide bonds. The number of aromatic amines is 1. The Bertz CT molecular complexity index is 653. The van der Waals surface area contributed by atoms with Crippen LogP contribution in [-0.2, 0) is 11.3 Å². The van der Waals surface area contributed by atoms with Crippen molar-refractivity contribution in [2.75, 3.05) is 27.9 Å². The van der Waals surface area contributed by atoms with E-state index in [-0.39, 0.29) is 6.04 Å². The van der Waals surface area contributed by atoms with Crippen LogP contribution >= 0.6 is 0 Å². The predicted octanol–water partition coefficient (Wildman–Crippen LogP) is 1.18. The summed E-state index contributed by atoms with van der Waals surface area (Å²) >= 11 is 0. The first-order chi connectivity index (χ1) is 11.7. The highest BCUT2D eigenvalue weighted by Gasteiger charge is 2.08. The zero-order valence-electron chi connectivity index (χ0n) is 14.5. The Kier molecular flexibility index (Phi) is 6.56. The fourth-order valence-electron chi connectivity index (χ4n) is 2.13. The van der Waals surface area contributed by atoms with Gasteiger partial charge in [0.05, 0.1) is 20.3 Å². The van der Waals surface area contributed by atoms with Gasteiger partial charge in [-0.05, 0) is 31.2 Å². The highest BCUT2D eigenvalue weighted by Crippen LogP contribution is 2.18. The van der Waals surface area contributed by atoms with Crippen LogP contribution in [0.3, 0.4) is 0 Å². The maximum Gasteiger partial charge on any atom is 0.191 e. The smallest absolute Gasteiger partial charge is 0.191 e. The topological polar surface area (TPSA) is 96.5 Å². The van der Waals surface area contributed by atoms with E-state index in [1.54, 1.807) is 21.3 Å². The molecule has 1 atom stereocenters. The van der Waals surface area contributed by atoms with Crippen molar-refractivity contribution in [1.82, 2.24) is 25.8 Å². The summed E-state index contributed by atoms with van der Waals surface area (Å²) in [5.74, 6) is 2.85. The number of rotatable bonds is 7. The largest absolute Gasteiger partial charge is 0.497 e. The minimum atomic E-state index is 0.158. The second-order valence-electron chi connectivity index (χ2n) is 5.26. The molecule has 0 aliphatic heterocycles. The molecule has 0 saturated carbocycles. The van der Waals surface area contributed by atoms with Crippen molar-refractivity contribution >= 4 is 5.96 Å². The third-order valence-electron chi connectivity index (χ3n) is 3.33. The molecule has 130 valence electrons. The van der Waals surface area contributed by atoms with Crippen LogP contribution in [0.2, 0.25) is 0 Å². The van der Waals surface area contributed by atoms with E-state index >= 15 is 0 Å². The number of benzene rings is 1. The highest BCUT2D eigenvalue weighted by molar-refractivity contribution is 5.79. The SMILES string of the molecule is CN=C(NCc1nc(-c2ccc(OC)cc2)n[nH]1)NC(C)COC. The van der Waals surface area contributed by atoms with Crippen molar-refractivity contribution in [3.8, 4) is 17.1 Å². The molecule has 1 heterocycles. The number of guanidine groups is 1. The Balaban J connectivity index is 1.93. The van der Waals surface area contributed by atoms with E-state index in [4.69, 9.17) is 9.47 Å². The van der Waals surface area contributed by atoms with Crippen molar-refractivity contribution in [2.24, 2.45) is 4.99 Å². The number of methoxy groups -OCH3 is 2. The summed E-state index contributed by atoms with van der Waals surface area (Å²) in [7, 11) is 5.03. The molecule has 2 aromatic rings. The molecule has 0 aliphatic carbocycles. The third kappa shape index (κ3) is 4.95. The van der Waals surface area contributed by atoms with Crippen molar-refractivity contribution in [3.05, 3.63) is 30.1 Å². The number of nitrogens with zero attached hydrogens (tertiary/aromatic N) is 3. The molecule has 0 aliphatic rings. The first-order valence-corrected chi connectivity index (χ1v) is 7.68. The lowest BCUT2D eigenvalue weighted by atomic mass is 10.2. The van der Waals surface area contributed by atoms with Crippen LogP contribution in [0.1, 0.15) is 12.7 Å². The molecule has 0 fully saturated rings. The first kappa shape index (κ1) is 17.7. The summed E-state index contributed by atoms with van der Waals surface area (Å²) in [6.07, 6.45) is 0. The van der Waals surface area contributed by atoms with Gasteiger partial charge in [0.1, 0.15) is 11.6 Å². The molecule has 0 bridgehead atoms. The average molecular weight is 332 g/mol. The van der Waals surface area contributed by atoms with Gasteiger partial charge < -0.3 is 20.1 Å². The maximum absolute atomic E-state index is 5.15. The van der Waals surface area contributed by atoms with Gasteiger partial charge in [-0.1, -0.05) is 0 Å². The quantitative estimate of drug-likeness (QED) is 0.520. The minimum absolute atomic E-state index is 0.158. The van der Waals surface area contributed by atoms with Crippen LogP contribution < -0.4 is 15.4 Å². The molecule has 0 radical (unpaired) electrons. The van der Waals surface area contributed by atoms with Gasteiger partial charge >= 0.3 is 0 Å². The van der Waals surface area contributed by atoms with E-state index in [1.807, 2.05) is 31.2 Å². The van der Waals surface area contributed by atoms with Gasteiger partial charge in [-0.2, -0.15) is 5.10 Å². The van der Waals surface area contributed by atoms with Gasteiger partial charge in [-0.3, -0.25) is 10.1 Å². The number of H-pyrrole nitrogens is 1. The van der Waals surface area contributed by atoms with Gasteiger partial charge in [0.25, 0.3) is 0 Å². The summed E-state index contributed by atoms with van der Waals surface area (Å²) in [5.41, 5.74) is 0.925. The molecular formula is C16H24N6O2. The number of hydrogen-bond acceptors (Lipinski definition) is 5. The summed E-state index contributed by atoms with van der Waals surface area (Å²) in [4.78, 5) is 8.65. The Morgan fingerprint density at radius 3 is 2.67 bits per heavy atom. The zero-order valence-corrected chi connectivity index (χ0v) is 14.5. The van der Waals surface area contributed by atoms with Gasteiger partial charge in [-0.25, -0.2) is 4.98 Å². The molecule has 24 heavy (non-hydrogen) atoms. The maximum atomic E-state index is 5.15.